The van der Waals surface area contributed by atoms with Crippen LogP contribution in [0.5, 0.6) is 0 Å². The van der Waals surface area contributed by atoms with E-state index in [4.69, 9.17) is 0 Å². The number of pyridine rings is 1. The Balaban J connectivity index is 1.45. The number of benzene rings is 1. The minimum Gasteiger partial charge on any atom is -0.477 e. The fourth-order valence-corrected chi connectivity index (χ4v) is 4.25. The molecule has 2 aromatic heterocycles. The number of hydrogen-bond donors (Lipinski definition) is 1. The highest BCUT2D eigenvalue weighted by Gasteiger charge is 2.28. The molecule has 5 rings (SSSR count). The number of carboxylic acids is 1. The highest BCUT2D eigenvalue weighted by molar-refractivity contribution is 5.93. The summed E-state index contributed by atoms with van der Waals surface area (Å²) < 4.78 is 16.9. The summed E-state index contributed by atoms with van der Waals surface area (Å²) in [5.41, 5.74) is 1.13. The Hall–Kier alpha value is -3.49. The van der Waals surface area contributed by atoms with Gasteiger partial charge in [0.15, 0.2) is 0 Å². The van der Waals surface area contributed by atoms with Gasteiger partial charge in [-0.25, -0.2) is 19.2 Å². The van der Waals surface area contributed by atoms with Crippen molar-refractivity contribution in [3.05, 3.63) is 57.9 Å². The van der Waals surface area contributed by atoms with Crippen LogP contribution in [0.15, 0.2) is 35.5 Å². The number of nitrogens with zero attached hydrogens (tertiary/aromatic N) is 5. The molecular formula is C23H24FN5O3. The molecule has 0 amide bonds. The minimum atomic E-state index is -1.29. The van der Waals surface area contributed by atoms with Crippen LogP contribution in [-0.2, 0) is 6.42 Å². The molecule has 0 unspecified atom stereocenters. The number of hydrogen-bond acceptors (Lipinski definition) is 6. The number of carboxylic acid groups (broad SMARTS) is 1. The molecular weight excluding hydrogens is 413 g/mol. The first-order valence-electron chi connectivity index (χ1n) is 10.9. The van der Waals surface area contributed by atoms with Gasteiger partial charge in [0.1, 0.15) is 11.4 Å². The van der Waals surface area contributed by atoms with E-state index in [1.165, 1.54) is 12.3 Å². The Bertz CT molecular complexity index is 1250. The van der Waals surface area contributed by atoms with Crippen molar-refractivity contribution >= 4 is 28.5 Å². The Kier molecular flexibility index (Phi) is 5.03. The van der Waals surface area contributed by atoms with Crippen molar-refractivity contribution in [2.45, 2.75) is 32.2 Å². The van der Waals surface area contributed by atoms with Gasteiger partial charge < -0.3 is 19.5 Å². The lowest BCUT2D eigenvalue weighted by Crippen LogP contribution is -2.47. The minimum absolute atomic E-state index is 0.112. The van der Waals surface area contributed by atoms with Crippen LogP contribution in [0.2, 0.25) is 0 Å². The lowest BCUT2D eigenvalue weighted by molar-refractivity contribution is 0.0695. The average Bonchev–Trinajstić information content (AvgIpc) is 3.65. The van der Waals surface area contributed by atoms with Crippen LogP contribution >= 0.6 is 0 Å². The quantitative estimate of drug-likeness (QED) is 0.656. The fraction of sp³-hybridized carbons (Fsp3) is 0.391. The number of piperazine rings is 1. The third kappa shape index (κ3) is 3.57. The van der Waals surface area contributed by atoms with Gasteiger partial charge in [-0.1, -0.05) is 6.92 Å². The van der Waals surface area contributed by atoms with Crippen molar-refractivity contribution in [1.29, 1.82) is 0 Å². The monoisotopic (exact) mass is 437 g/mol. The Morgan fingerprint density at radius 2 is 1.78 bits per heavy atom. The third-order valence-electron chi connectivity index (χ3n) is 6.27. The maximum atomic E-state index is 15.1. The standard InChI is InChI=1S/C23H24FN5O3/c1-2-14-11-25-23(26-12-14)28-7-5-27(6-8-28)20-10-19-16(9-18(20)24)21(30)17(22(31)32)13-29(19)15-3-4-15/h9-13,15H,2-8H2,1H3,(H,31,32). The molecule has 9 heteroatoms. The van der Waals surface area contributed by atoms with Crippen molar-refractivity contribution in [3.63, 3.8) is 0 Å². The van der Waals surface area contributed by atoms with Crippen molar-refractivity contribution in [2.24, 2.45) is 0 Å². The first-order valence-corrected chi connectivity index (χ1v) is 10.9. The number of carbonyl (C=O) groups is 1. The van der Waals surface area contributed by atoms with Crippen molar-refractivity contribution in [2.75, 3.05) is 36.0 Å². The van der Waals surface area contributed by atoms with Gasteiger partial charge in [-0.2, -0.15) is 0 Å². The SMILES string of the molecule is CCc1cnc(N2CCN(c3cc4c(cc3F)c(=O)c(C(=O)O)cn4C3CC3)CC2)nc1. The van der Waals surface area contributed by atoms with Crippen molar-refractivity contribution in [1.82, 2.24) is 14.5 Å². The van der Waals surface area contributed by atoms with Crippen molar-refractivity contribution in [3.8, 4) is 0 Å². The molecule has 0 spiro atoms. The normalized spacial score (nSPS) is 16.6. The van der Waals surface area contributed by atoms with Crippen LogP contribution in [0.25, 0.3) is 10.9 Å². The Labute approximate surface area is 183 Å². The number of aromatic carboxylic acids is 1. The van der Waals surface area contributed by atoms with Crippen LogP contribution in [0.1, 0.15) is 41.7 Å². The van der Waals surface area contributed by atoms with E-state index in [2.05, 4.69) is 21.8 Å². The number of aryl methyl sites for hydroxylation is 1. The Morgan fingerprint density at radius 3 is 2.38 bits per heavy atom. The zero-order valence-corrected chi connectivity index (χ0v) is 17.8. The maximum Gasteiger partial charge on any atom is 0.341 e. The molecule has 1 saturated carbocycles. The van der Waals surface area contributed by atoms with E-state index in [-0.39, 0.29) is 17.0 Å². The number of rotatable bonds is 5. The molecule has 2 fully saturated rings. The van der Waals surface area contributed by atoms with Gasteiger partial charge in [-0.15, -0.1) is 0 Å². The predicted molar refractivity (Wildman–Crippen MR) is 119 cm³/mol. The van der Waals surface area contributed by atoms with Crippen LogP contribution in [0.3, 0.4) is 0 Å². The van der Waals surface area contributed by atoms with Gasteiger partial charge in [-0.05, 0) is 37.0 Å². The molecule has 3 heterocycles. The molecule has 0 bridgehead atoms. The molecule has 3 aromatic rings. The van der Waals surface area contributed by atoms with Crippen molar-refractivity contribution < 1.29 is 14.3 Å². The Morgan fingerprint density at radius 1 is 1.12 bits per heavy atom. The van der Waals surface area contributed by atoms with E-state index in [0.717, 1.165) is 24.8 Å². The topological polar surface area (TPSA) is 91.6 Å². The summed E-state index contributed by atoms with van der Waals surface area (Å²) in [4.78, 5) is 37.1. The number of anilines is 2. The average molecular weight is 437 g/mol. The molecule has 1 aliphatic carbocycles. The van der Waals surface area contributed by atoms with Gasteiger partial charge in [0.2, 0.25) is 11.4 Å². The van der Waals surface area contributed by atoms with E-state index >= 15 is 4.39 Å². The molecule has 2 aliphatic rings. The summed E-state index contributed by atoms with van der Waals surface area (Å²) in [5, 5.41) is 9.51. The number of halogens is 1. The number of aromatic nitrogens is 3. The van der Waals surface area contributed by atoms with E-state index in [9.17, 15) is 14.7 Å². The lowest BCUT2D eigenvalue weighted by Gasteiger charge is -2.36. The van der Waals surface area contributed by atoms with Crippen LogP contribution in [-0.4, -0.2) is 51.8 Å². The van der Waals surface area contributed by atoms with E-state index in [1.807, 2.05) is 21.9 Å². The highest BCUT2D eigenvalue weighted by Crippen LogP contribution is 2.38. The molecule has 1 saturated heterocycles. The van der Waals surface area contributed by atoms with Gasteiger partial charge in [0.05, 0.1) is 11.2 Å². The second-order valence-corrected chi connectivity index (χ2v) is 8.36. The molecule has 1 aliphatic heterocycles. The zero-order chi connectivity index (χ0) is 22.4. The van der Waals surface area contributed by atoms with Gasteiger partial charge in [0, 0.05) is 56.2 Å². The maximum absolute atomic E-state index is 15.1. The van der Waals surface area contributed by atoms with Gasteiger partial charge in [-0.3, -0.25) is 4.79 Å². The largest absolute Gasteiger partial charge is 0.477 e. The smallest absolute Gasteiger partial charge is 0.341 e. The summed E-state index contributed by atoms with van der Waals surface area (Å²) in [6, 6.07) is 3.03. The molecule has 0 radical (unpaired) electrons. The molecule has 1 aromatic carbocycles. The van der Waals surface area contributed by atoms with Crippen LogP contribution in [0.4, 0.5) is 16.0 Å². The highest BCUT2D eigenvalue weighted by atomic mass is 19.1. The summed E-state index contributed by atoms with van der Waals surface area (Å²) >= 11 is 0. The molecule has 32 heavy (non-hydrogen) atoms. The predicted octanol–water partition coefficient (Wildman–Crippen LogP) is 2.85. The summed E-state index contributed by atoms with van der Waals surface area (Å²) in [7, 11) is 0. The zero-order valence-electron chi connectivity index (χ0n) is 17.8. The third-order valence-corrected chi connectivity index (χ3v) is 6.27. The molecule has 0 atom stereocenters. The lowest BCUT2D eigenvalue weighted by atomic mass is 10.1. The van der Waals surface area contributed by atoms with E-state index < -0.39 is 17.2 Å². The summed E-state index contributed by atoms with van der Waals surface area (Å²) in [6.45, 7) is 4.53. The van der Waals surface area contributed by atoms with Crippen LogP contribution < -0.4 is 15.2 Å². The molecule has 1 N–H and O–H groups in total. The number of fused-ring (bicyclic) bond motifs is 1. The van der Waals surface area contributed by atoms with Crippen LogP contribution in [0, 0.1) is 5.82 Å². The fourth-order valence-electron chi connectivity index (χ4n) is 4.25. The first kappa shape index (κ1) is 20.4. The molecule has 8 nitrogen and oxygen atoms in total. The second kappa shape index (κ2) is 7.89. The summed E-state index contributed by atoms with van der Waals surface area (Å²) in [5.74, 6) is -1.14. The van der Waals surface area contributed by atoms with Gasteiger partial charge in [0.25, 0.3) is 0 Å². The van der Waals surface area contributed by atoms with Gasteiger partial charge >= 0.3 is 5.97 Å². The van der Waals surface area contributed by atoms with E-state index in [1.54, 1.807) is 6.07 Å². The second-order valence-electron chi connectivity index (χ2n) is 8.36. The first-order chi connectivity index (χ1) is 15.5. The van der Waals surface area contributed by atoms with E-state index in [0.29, 0.717) is 43.3 Å². The molecule has 166 valence electrons. The summed E-state index contributed by atoms with van der Waals surface area (Å²) in [6.07, 6.45) is 7.79.